The van der Waals surface area contributed by atoms with Crippen molar-refractivity contribution < 1.29 is 14.4 Å². The minimum Gasteiger partial charge on any atom is -0.353 e. The molecule has 6 heteroatoms. The average Bonchev–Trinajstić information content (AvgIpc) is 2.69. The van der Waals surface area contributed by atoms with E-state index in [4.69, 9.17) is 5.73 Å². The number of benzene rings is 2. The second-order valence-electron chi connectivity index (χ2n) is 7.49. The molecule has 0 unspecified atom stereocenters. The van der Waals surface area contributed by atoms with Gasteiger partial charge in [0.15, 0.2) is 0 Å². The second kappa shape index (κ2) is 12.5. The van der Waals surface area contributed by atoms with Gasteiger partial charge in [0, 0.05) is 18.7 Å². The van der Waals surface area contributed by atoms with Gasteiger partial charge in [-0.15, -0.1) is 0 Å². The molecule has 0 heterocycles. The Labute approximate surface area is 179 Å². The highest BCUT2D eigenvalue weighted by atomic mass is 16.2. The molecule has 0 aliphatic heterocycles. The Morgan fingerprint density at radius 2 is 1.40 bits per heavy atom. The monoisotopic (exact) mass is 411 g/mol. The van der Waals surface area contributed by atoms with E-state index in [9.17, 15) is 14.4 Å². The first-order valence-corrected chi connectivity index (χ1v) is 10.0. The molecule has 0 bridgehead atoms. The highest BCUT2D eigenvalue weighted by Gasteiger charge is 2.14. The zero-order valence-electron chi connectivity index (χ0n) is 18.5. The van der Waals surface area contributed by atoms with Crippen LogP contribution in [0, 0.1) is 20.8 Å². The number of carbonyl (C=O) groups is 3. The summed E-state index contributed by atoms with van der Waals surface area (Å²) in [6, 6.07) is 12.8. The standard InChI is InChI=1S/C21H27N3O2.C3H6O/c1-14-11-18(12-15(2)16(14)3)20(25)23-9-10-24-21(26)19(22)13-17-7-5-4-6-8-17;1-3(2)4/h4-8,11-12,19H,9-10,13,22H2,1-3H3,(H,23,25)(H,24,26);1-2H3/t19-;/m0./s1. The van der Waals surface area contributed by atoms with Crippen molar-refractivity contribution in [2.45, 2.75) is 47.1 Å². The Kier molecular flexibility index (Phi) is 10.5. The zero-order valence-corrected chi connectivity index (χ0v) is 18.5. The zero-order chi connectivity index (χ0) is 22.7. The van der Waals surface area contributed by atoms with Gasteiger partial charge in [-0.3, -0.25) is 9.59 Å². The lowest BCUT2D eigenvalue weighted by atomic mass is 10.0. The number of aryl methyl sites for hydroxylation is 2. The summed E-state index contributed by atoms with van der Waals surface area (Å²) in [5, 5.41) is 5.59. The molecular formula is C24H33N3O3. The highest BCUT2D eigenvalue weighted by Crippen LogP contribution is 2.15. The molecule has 0 radical (unpaired) electrons. The smallest absolute Gasteiger partial charge is 0.251 e. The summed E-state index contributed by atoms with van der Waals surface area (Å²) in [5.41, 5.74) is 11.0. The number of ketones is 1. The summed E-state index contributed by atoms with van der Waals surface area (Å²) in [6.07, 6.45) is 0.487. The molecule has 162 valence electrons. The summed E-state index contributed by atoms with van der Waals surface area (Å²) in [4.78, 5) is 33.7. The number of nitrogens with one attached hydrogen (secondary N) is 2. The summed E-state index contributed by atoms with van der Waals surface area (Å²) in [7, 11) is 0. The SMILES string of the molecule is CC(C)=O.Cc1cc(C(=O)NCCNC(=O)[C@@H](N)Cc2ccccc2)cc(C)c1C. The number of Topliss-reactive ketones (excluding diaryl/α,β-unsaturated/α-hetero) is 1. The van der Waals surface area contributed by atoms with Gasteiger partial charge in [-0.25, -0.2) is 0 Å². The van der Waals surface area contributed by atoms with Gasteiger partial charge < -0.3 is 21.2 Å². The summed E-state index contributed by atoms with van der Waals surface area (Å²) in [5.74, 6) is -0.191. The first kappa shape index (κ1) is 25.0. The van der Waals surface area contributed by atoms with E-state index in [2.05, 4.69) is 10.6 Å². The van der Waals surface area contributed by atoms with Crippen molar-refractivity contribution in [3.63, 3.8) is 0 Å². The number of hydrogen-bond acceptors (Lipinski definition) is 4. The van der Waals surface area contributed by atoms with Gasteiger partial charge in [-0.2, -0.15) is 0 Å². The van der Waals surface area contributed by atoms with Crippen LogP contribution in [-0.4, -0.2) is 36.7 Å². The molecule has 2 rings (SSSR count). The van der Waals surface area contributed by atoms with Crippen LogP contribution in [0.2, 0.25) is 0 Å². The Hall–Kier alpha value is -2.99. The van der Waals surface area contributed by atoms with Crippen molar-refractivity contribution in [1.82, 2.24) is 10.6 Å². The first-order valence-electron chi connectivity index (χ1n) is 10.0. The number of hydrogen-bond donors (Lipinski definition) is 3. The van der Waals surface area contributed by atoms with Gasteiger partial charge in [0.05, 0.1) is 6.04 Å². The van der Waals surface area contributed by atoms with Crippen LogP contribution in [0.5, 0.6) is 0 Å². The fourth-order valence-electron chi connectivity index (χ4n) is 2.72. The lowest BCUT2D eigenvalue weighted by molar-refractivity contribution is -0.122. The molecule has 2 aromatic rings. The van der Waals surface area contributed by atoms with Gasteiger partial charge in [0.2, 0.25) is 5.91 Å². The largest absolute Gasteiger partial charge is 0.353 e. The molecule has 1 atom stereocenters. The van der Waals surface area contributed by atoms with Crippen LogP contribution < -0.4 is 16.4 Å². The van der Waals surface area contributed by atoms with Crippen LogP contribution in [0.3, 0.4) is 0 Å². The Bertz CT molecular complexity index is 836. The molecule has 0 saturated carbocycles. The number of carbonyl (C=O) groups excluding carboxylic acids is 3. The van der Waals surface area contributed by atoms with Gasteiger partial charge in [0.25, 0.3) is 5.91 Å². The van der Waals surface area contributed by atoms with E-state index in [1.165, 1.54) is 19.4 Å². The third kappa shape index (κ3) is 9.01. The van der Waals surface area contributed by atoms with E-state index in [0.29, 0.717) is 25.1 Å². The second-order valence-corrected chi connectivity index (χ2v) is 7.49. The molecule has 4 N–H and O–H groups in total. The van der Waals surface area contributed by atoms with Crippen LogP contribution in [0.4, 0.5) is 0 Å². The fourth-order valence-corrected chi connectivity index (χ4v) is 2.72. The molecule has 30 heavy (non-hydrogen) atoms. The van der Waals surface area contributed by atoms with Crippen molar-refractivity contribution in [3.8, 4) is 0 Å². The van der Waals surface area contributed by atoms with Crippen LogP contribution in [0.1, 0.15) is 46.5 Å². The highest BCUT2D eigenvalue weighted by molar-refractivity contribution is 5.94. The molecule has 0 aliphatic rings. The van der Waals surface area contributed by atoms with Crippen molar-refractivity contribution in [1.29, 1.82) is 0 Å². The van der Waals surface area contributed by atoms with Crippen molar-refractivity contribution in [2.75, 3.05) is 13.1 Å². The Balaban J connectivity index is 0.00000103. The lowest BCUT2D eigenvalue weighted by Crippen LogP contribution is -2.44. The maximum Gasteiger partial charge on any atom is 0.251 e. The van der Waals surface area contributed by atoms with Gasteiger partial charge in [-0.1, -0.05) is 30.3 Å². The maximum atomic E-state index is 12.2. The summed E-state index contributed by atoms with van der Waals surface area (Å²) >= 11 is 0. The van der Waals surface area contributed by atoms with E-state index < -0.39 is 6.04 Å². The third-order valence-corrected chi connectivity index (χ3v) is 4.53. The molecule has 0 saturated heterocycles. The van der Waals surface area contributed by atoms with Gasteiger partial charge in [0.1, 0.15) is 5.78 Å². The molecule has 0 spiro atoms. The molecule has 2 aromatic carbocycles. The van der Waals surface area contributed by atoms with Crippen LogP contribution >= 0.6 is 0 Å². The Morgan fingerprint density at radius 3 is 1.93 bits per heavy atom. The molecule has 2 amide bonds. The Morgan fingerprint density at radius 1 is 0.900 bits per heavy atom. The quantitative estimate of drug-likeness (QED) is 0.610. The van der Waals surface area contributed by atoms with Crippen molar-refractivity contribution in [2.24, 2.45) is 5.73 Å². The summed E-state index contributed by atoms with van der Waals surface area (Å²) in [6.45, 7) is 9.78. The molecule has 0 fully saturated rings. The van der Waals surface area contributed by atoms with Crippen LogP contribution in [0.25, 0.3) is 0 Å². The van der Waals surface area contributed by atoms with E-state index in [1.54, 1.807) is 0 Å². The first-order chi connectivity index (χ1) is 14.1. The number of nitrogens with two attached hydrogens (primary N) is 1. The van der Waals surface area contributed by atoms with Gasteiger partial charge in [-0.05, 0) is 75.4 Å². The van der Waals surface area contributed by atoms with Crippen molar-refractivity contribution in [3.05, 3.63) is 70.3 Å². The van der Waals surface area contributed by atoms with E-state index in [1.807, 2.05) is 63.2 Å². The number of rotatable bonds is 7. The molecule has 6 nitrogen and oxygen atoms in total. The average molecular weight is 412 g/mol. The van der Waals surface area contributed by atoms with Crippen LogP contribution in [-0.2, 0) is 16.0 Å². The third-order valence-electron chi connectivity index (χ3n) is 4.53. The van der Waals surface area contributed by atoms with Crippen LogP contribution in [0.15, 0.2) is 42.5 Å². The topological polar surface area (TPSA) is 101 Å². The fraction of sp³-hybridized carbons (Fsp3) is 0.375. The summed E-state index contributed by atoms with van der Waals surface area (Å²) < 4.78 is 0. The maximum absolute atomic E-state index is 12.2. The van der Waals surface area contributed by atoms with E-state index in [0.717, 1.165) is 16.7 Å². The normalized spacial score (nSPS) is 11.0. The van der Waals surface area contributed by atoms with E-state index >= 15 is 0 Å². The molecule has 0 aromatic heterocycles. The minimum atomic E-state index is -0.601. The predicted octanol–water partition coefficient (Wildman–Crippen LogP) is 2.62. The lowest BCUT2D eigenvalue weighted by Gasteiger charge is -2.13. The number of amides is 2. The van der Waals surface area contributed by atoms with Gasteiger partial charge >= 0.3 is 0 Å². The predicted molar refractivity (Wildman–Crippen MR) is 120 cm³/mol. The van der Waals surface area contributed by atoms with E-state index in [-0.39, 0.29) is 17.6 Å². The molecule has 0 aliphatic carbocycles. The molecular weight excluding hydrogens is 378 g/mol. The van der Waals surface area contributed by atoms with Crippen molar-refractivity contribution >= 4 is 17.6 Å². The minimum absolute atomic E-state index is 0.140.